The molecule has 0 radical (unpaired) electrons. The van der Waals surface area contributed by atoms with Crippen molar-refractivity contribution in [3.8, 4) is 0 Å². The molecule has 0 aliphatic heterocycles. The van der Waals surface area contributed by atoms with Gasteiger partial charge in [0.25, 0.3) is 0 Å². The van der Waals surface area contributed by atoms with Crippen molar-refractivity contribution in [2.75, 3.05) is 5.75 Å². The highest BCUT2D eigenvalue weighted by molar-refractivity contribution is 9.11. The van der Waals surface area contributed by atoms with Crippen LogP contribution in [0.1, 0.15) is 25.5 Å². The average Bonchev–Trinajstić information content (AvgIpc) is 2.28. The minimum absolute atomic E-state index is 0.0863. The third-order valence-corrected chi connectivity index (χ3v) is 7.41. The molecule has 2 atom stereocenters. The van der Waals surface area contributed by atoms with Crippen LogP contribution in [0.15, 0.2) is 18.2 Å². The quantitative estimate of drug-likeness (QED) is 0.818. The molecule has 0 aliphatic carbocycles. The summed E-state index contributed by atoms with van der Waals surface area (Å²) in [5.74, 6) is -0.0863. The van der Waals surface area contributed by atoms with Crippen molar-refractivity contribution in [2.45, 2.75) is 23.6 Å². The molecule has 0 amide bonds. The molecule has 0 saturated heterocycles. The van der Waals surface area contributed by atoms with Gasteiger partial charge in [-0.05, 0) is 19.1 Å². The maximum absolute atomic E-state index is 11.9. The summed E-state index contributed by atoms with van der Waals surface area (Å²) in [4.78, 5) is 0. The zero-order valence-electron chi connectivity index (χ0n) is 9.82. The van der Waals surface area contributed by atoms with Gasteiger partial charge in [-0.15, -0.1) is 0 Å². The van der Waals surface area contributed by atoms with Gasteiger partial charge < -0.3 is 5.11 Å². The standard InChI is InChI=1S/C11H13BrCl2O3S/c1-3-18(16,17)11(2,12)10(15)8-5-4-7(13)6-9(8)14/h4-6,10,15H,3H2,1-2H3/t10-,11+/m1/s1. The molecule has 0 bridgehead atoms. The zero-order chi connectivity index (χ0) is 14.1. The first kappa shape index (κ1) is 16.2. The summed E-state index contributed by atoms with van der Waals surface area (Å²) >= 11 is 14.8. The molecular weight excluding hydrogens is 363 g/mol. The maximum atomic E-state index is 11.9. The number of benzene rings is 1. The molecule has 1 aromatic rings. The zero-order valence-corrected chi connectivity index (χ0v) is 13.7. The van der Waals surface area contributed by atoms with E-state index in [-0.39, 0.29) is 10.8 Å². The Morgan fingerprint density at radius 1 is 1.44 bits per heavy atom. The van der Waals surface area contributed by atoms with Crippen molar-refractivity contribution in [1.29, 1.82) is 0 Å². The maximum Gasteiger partial charge on any atom is 0.168 e. The number of hydrogen-bond donors (Lipinski definition) is 1. The first-order chi connectivity index (χ1) is 8.13. The molecule has 102 valence electrons. The largest absolute Gasteiger partial charge is 0.386 e. The van der Waals surface area contributed by atoms with Crippen LogP contribution < -0.4 is 0 Å². The number of rotatable bonds is 4. The van der Waals surface area contributed by atoms with E-state index in [1.807, 2.05) is 0 Å². The van der Waals surface area contributed by atoms with Gasteiger partial charge in [0.15, 0.2) is 13.5 Å². The van der Waals surface area contributed by atoms with Crippen LogP contribution in [0, 0.1) is 0 Å². The Kier molecular flexibility index (Phi) is 5.12. The van der Waals surface area contributed by atoms with Gasteiger partial charge in [0.05, 0.1) is 0 Å². The molecule has 18 heavy (non-hydrogen) atoms. The monoisotopic (exact) mass is 374 g/mol. The molecule has 0 unspecified atom stereocenters. The molecule has 3 nitrogen and oxygen atoms in total. The Bertz CT molecular complexity index is 543. The fourth-order valence-electron chi connectivity index (χ4n) is 1.45. The lowest BCUT2D eigenvalue weighted by Crippen LogP contribution is -2.36. The van der Waals surface area contributed by atoms with Crippen molar-refractivity contribution >= 4 is 49.0 Å². The van der Waals surface area contributed by atoms with Gasteiger partial charge in [-0.2, -0.15) is 0 Å². The minimum Gasteiger partial charge on any atom is -0.386 e. The number of aliphatic hydroxyl groups excluding tert-OH is 1. The molecule has 0 heterocycles. The summed E-state index contributed by atoms with van der Waals surface area (Å²) in [6, 6.07) is 4.52. The van der Waals surface area contributed by atoms with E-state index < -0.39 is 19.6 Å². The molecule has 0 saturated carbocycles. The van der Waals surface area contributed by atoms with Crippen molar-refractivity contribution in [3.05, 3.63) is 33.8 Å². The lowest BCUT2D eigenvalue weighted by molar-refractivity contribution is 0.167. The molecule has 1 rings (SSSR count). The van der Waals surface area contributed by atoms with Crippen LogP contribution in [0.4, 0.5) is 0 Å². The summed E-state index contributed by atoms with van der Waals surface area (Å²) in [6.45, 7) is 2.92. The summed E-state index contributed by atoms with van der Waals surface area (Å²) in [6.07, 6.45) is -1.28. The van der Waals surface area contributed by atoms with Crippen LogP contribution in [0.3, 0.4) is 0 Å². The van der Waals surface area contributed by atoms with Gasteiger partial charge in [0.1, 0.15) is 6.10 Å². The molecule has 0 aromatic heterocycles. The van der Waals surface area contributed by atoms with E-state index in [1.54, 1.807) is 6.07 Å². The molecule has 1 N–H and O–H groups in total. The molecule has 1 aromatic carbocycles. The summed E-state index contributed by atoms with van der Waals surface area (Å²) < 4.78 is 22.4. The van der Waals surface area contributed by atoms with Crippen LogP contribution >= 0.6 is 39.1 Å². The van der Waals surface area contributed by atoms with E-state index in [1.165, 1.54) is 26.0 Å². The van der Waals surface area contributed by atoms with Crippen LogP contribution in [0.2, 0.25) is 10.0 Å². The third-order valence-electron chi connectivity index (χ3n) is 2.73. The van der Waals surface area contributed by atoms with E-state index in [0.29, 0.717) is 10.6 Å². The normalized spacial score (nSPS) is 17.2. The Morgan fingerprint density at radius 2 is 2.00 bits per heavy atom. The van der Waals surface area contributed by atoms with Gasteiger partial charge in [0.2, 0.25) is 0 Å². The van der Waals surface area contributed by atoms with E-state index in [9.17, 15) is 13.5 Å². The number of halogens is 3. The van der Waals surface area contributed by atoms with Gasteiger partial charge in [-0.25, -0.2) is 8.42 Å². The van der Waals surface area contributed by atoms with Crippen molar-refractivity contribution in [1.82, 2.24) is 0 Å². The number of hydrogen-bond acceptors (Lipinski definition) is 3. The van der Waals surface area contributed by atoms with Gasteiger partial charge in [-0.1, -0.05) is 52.1 Å². The average molecular weight is 376 g/mol. The molecule has 0 spiro atoms. The predicted octanol–water partition coefficient (Wildman–Crippen LogP) is 3.57. The summed E-state index contributed by atoms with van der Waals surface area (Å²) in [5, 5.41) is 10.9. The SMILES string of the molecule is CCS(=O)(=O)[C@](C)(Br)[C@H](O)c1ccc(Cl)cc1Cl. The second kappa shape index (κ2) is 5.67. The first-order valence-corrected chi connectivity index (χ1v) is 8.37. The fourth-order valence-corrected chi connectivity index (χ4v) is 3.93. The van der Waals surface area contributed by atoms with Crippen molar-refractivity contribution in [2.24, 2.45) is 0 Å². The van der Waals surface area contributed by atoms with Gasteiger partial charge >= 0.3 is 0 Å². The number of sulfone groups is 1. The lowest BCUT2D eigenvalue weighted by atomic mass is 10.1. The Morgan fingerprint density at radius 3 is 2.44 bits per heavy atom. The second-order valence-corrected chi connectivity index (χ2v) is 9.63. The Hall–Kier alpha value is 0.190. The van der Waals surface area contributed by atoms with Crippen LogP contribution in [-0.4, -0.2) is 22.9 Å². The van der Waals surface area contributed by atoms with E-state index >= 15 is 0 Å². The van der Waals surface area contributed by atoms with Gasteiger partial charge in [-0.3, -0.25) is 0 Å². The van der Waals surface area contributed by atoms with Crippen LogP contribution in [-0.2, 0) is 9.84 Å². The first-order valence-electron chi connectivity index (χ1n) is 5.17. The van der Waals surface area contributed by atoms with Crippen molar-refractivity contribution < 1.29 is 13.5 Å². The highest BCUT2D eigenvalue weighted by atomic mass is 79.9. The second-order valence-electron chi connectivity index (χ2n) is 3.96. The Labute approximate surface area is 125 Å². The smallest absolute Gasteiger partial charge is 0.168 e. The lowest BCUT2D eigenvalue weighted by Gasteiger charge is -2.28. The molecular formula is C11H13BrCl2O3S. The Balaban J connectivity index is 3.26. The minimum atomic E-state index is -3.50. The summed E-state index contributed by atoms with van der Waals surface area (Å²) in [7, 11) is -3.50. The molecule has 0 fully saturated rings. The highest BCUT2D eigenvalue weighted by Gasteiger charge is 2.43. The number of aliphatic hydroxyl groups is 1. The van der Waals surface area contributed by atoms with Gasteiger partial charge in [0, 0.05) is 21.4 Å². The van der Waals surface area contributed by atoms with E-state index in [2.05, 4.69) is 15.9 Å². The molecule has 0 aliphatic rings. The summed E-state index contributed by atoms with van der Waals surface area (Å²) in [5.41, 5.74) is 0.317. The van der Waals surface area contributed by atoms with Crippen molar-refractivity contribution in [3.63, 3.8) is 0 Å². The number of alkyl halides is 1. The molecule has 7 heteroatoms. The van der Waals surface area contributed by atoms with Crippen LogP contribution in [0.25, 0.3) is 0 Å². The van der Waals surface area contributed by atoms with Crippen LogP contribution in [0.5, 0.6) is 0 Å². The fraction of sp³-hybridized carbons (Fsp3) is 0.455. The predicted molar refractivity (Wildman–Crippen MR) is 78.2 cm³/mol. The van der Waals surface area contributed by atoms with E-state index in [4.69, 9.17) is 23.2 Å². The highest BCUT2D eigenvalue weighted by Crippen LogP contribution is 2.41. The topological polar surface area (TPSA) is 54.4 Å². The van der Waals surface area contributed by atoms with E-state index in [0.717, 1.165) is 0 Å². The third kappa shape index (κ3) is 3.02.